The minimum atomic E-state index is 0.253. The summed E-state index contributed by atoms with van der Waals surface area (Å²) in [5.74, 6) is 0.253. The molecule has 0 radical (unpaired) electrons. The Morgan fingerprint density at radius 3 is 2.08 bits per heavy atom. The molecule has 1 N–H and O–H groups in total. The van der Waals surface area contributed by atoms with E-state index in [0.29, 0.717) is 0 Å². The van der Waals surface area contributed by atoms with E-state index in [9.17, 15) is 5.11 Å². The third-order valence-electron chi connectivity index (χ3n) is 4.14. The lowest BCUT2D eigenvalue weighted by Crippen LogP contribution is -1.98. The molecule has 0 saturated heterocycles. The highest BCUT2D eigenvalue weighted by Gasteiger charge is 2.10. The van der Waals surface area contributed by atoms with Gasteiger partial charge in [0.1, 0.15) is 5.75 Å². The molecule has 0 saturated carbocycles. The molecule has 3 heteroatoms. The standard InChI is InChI=1S/C23H18N2O/c26-22-15-12-19(13-16-22)23-17-20(14-11-18-7-3-1-4-8-18)24-25(23)21-9-5-2-6-10-21/h1-17,26H/b14-11+. The molecular weight excluding hydrogens is 320 g/mol. The molecule has 4 rings (SSSR count). The van der Waals surface area contributed by atoms with Gasteiger partial charge in [-0.05, 0) is 54.1 Å². The van der Waals surface area contributed by atoms with Gasteiger partial charge in [0.2, 0.25) is 0 Å². The number of hydrogen-bond acceptors (Lipinski definition) is 2. The van der Waals surface area contributed by atoms with Crippen molar-refractivity contribution in [1.29, 1.82) is 0 Å². The molecule has 3 aromatic carbocycles. The smallest absolute Gasteiger partial charge is 0.115 e. The summed E-state index contributed by atoms with van der Waals surface area (Å²) in [7, 11) is 0. The Morgan fingerprint density at radius 1 is 0.731 bits per heavy atom. The molecule has 0 bridgehead atoms. The molecular formula is C23H18N2O. The minimum absolute atomic E-state index is 0.253. The predicted octanol–water partition coefficient (Wildman–Crippen LogP) is 5.42. The number of nitrogens with zero attached hydrogens (tertiary/aromatic N) is 2. The first kappa shape index (κ1) is 15.9. The number of para-hydroxylation sites is 1. The van der Waals surface area contributed by atoms with Gasteiger partial charge in [-0.25, -0.2) is 4.68 Å². The number of phenolic OH excluding ortho intramolecular Hbond substituents is 1. The third kappa shape index (κ3) is 3.42. The van der Waals surface area contributed by atoms with Crippen LogP contribution in [-0.2, 0) is 0 Å². The van der Waals surface area contributed by atoms with Crippen molar-refractivity contribution in [1.82, 2.24) is 9.78 Å². The molecule has 4 aromatic rings. The topological polar surface area (TPSA) is 38.1 Å². The lowest BCUT2D eigenvalue weighted by atomic mass is 10.1. The predicted molar refractivity (Wildman–Crippen MR) is 106 cm³/mol. The molecule has 0 aliphatic carbocycles. The Kier molecular flexibility index (Phi) is 4.35. The van der Waals surface area contributed by atoms with Crippen LogP contribution in [0.1, 0.15) is 11.3 Å². The molecule has 1 heterocycles. The lowest BCUT2D eigenvalue weighted by Gasteiger charge is -2.07. The summed E-state index contributed by atoms with van der Waals surface area (Å²) in [5.41, 5.74) is 4.98. The number of benzene rings is 3. The fourth-order valence-corrected chi connectivity index (χ4v) is 2.83. The average Bonchev–Trinajstić information content (AvgIpc) is 3.13. The summed E-state index contributed by atoms with van der Waals surface area (Å²) in [6, 6.07) is 29.4. The second-order valence-electron chi connectivity index (χ2n) is 5.99. The van der Waals surface area contributed by atoms with Crippen LogP contribution in [0.3, 0.4) is 0 Å². The van der Waals surface area contributed by atoms with Gasteiger partial charge in [-0.2, -0.15) is 5.10 Å². The lowest BCUT2D eigenvalue weighted by molar-refractivity contribution is 0.475. The molecule has 0 aliphatic heterocycles. The Bertz CT molecular complexity index is 1020. The van der Waals surface area contributed by atoms with Gasteiger partial charge in [0, 0.05) is 5.56 Å². The van der Waals surface area contributed by atoms with Crippen LogP contribution in [0, 0.1) is 0 Å². The summed E-state index contributed by atoms with van der Waals surface area (Å²) in [5, 5.41) is 14.3. The number of aromatic hydroxyl groups is 1. The maximum absolute atomic E-state index is 9.57. The summed E-state index contributed by atoms with van der Waals surface area (Å²) in [4.78, 5) is 0. The van der Waals surface area contributed by atoms with Crippen LogP contribution >= 0.6 is 0 Å². The van der Waals surface area contributed by atoms with Crippen molar-refractivity contribution in [3.05, 3.63) is 102 Å². The highest BCUT2D eigenvalue weighted by atomic mass is 16.3. The maximum Gasteiger partial charge on any atom is 0.115 e. The summed E-state index contributed by atoms with van der Waals surface area (Å²) in [6.07, 6.45) is 4.07. The van der Waals surface area contributed by atoms with Crippen molar-refractivity contribution in [2.45, 2.75) is 0 Å². The molecule has 0 spiro atoms. The van der Waals surface area contributed by atoms with E-state index in [2.05, 4.69) is 24.3 Å². The van der Waals surface area contributed by atoms with Crippen LogP contribution in [0.5, 0.6) is 5.75 Å². The molecule has 0 atom stereocenters. The molecule has 126 valence electrons. The van der Waals surface area contributed by atoms with Gasteiger partial charge in [-0.15, -0.1) is 0 Å². The van der Waals surface area contributed by atoms with Gasteiger partial charge in [0.15, 0.2) is 0 Å². The quantitative estimate of drug-likeness (QED) is 0.540. The summed E-state index contributed by atoms with van der Waals surface area (Å²) >= 11 is 0. The normalized spacial score (nSPS) is 11.1. The average molecular weight is 338 g/mol. The Balaban J connectivity index is 1.77. The monoisotopic (exact) mass is 338 g/mol. The van der Waals surface area contributed by atoms with E-state index >= 15 is 0 Å². The molecule has 0 aliphatic rings. The van der Waals surface area contributed by atoms with Gasteiger partial charge in [0.25, 0.3) is 0 Å². The van der Waals surface area contributed by atoms with E-state index in [1.165, 1.54) is 0 Å². The van der Waals surface area contributed by atoms with Gasteiger partial charge >= 0.3 is 0 Å². The largest absolute Gasteiger partial charge is 0.508 e. The van der Waals surface area contributed by atoms with Crippen molar-refractivity contribution < 1.29 is 5.11 Å². The van der Waals surface area contributed by atoms with E-state index < -0.39 is 0 Å². The first-order valence-corrected chi connectivity index (χ1v) is 8.48. The second-order valence-corrected chi connectivity index (χ2v) is 5.99. The fraction of sp³-hybridized carbons (Fsp3) is 0. The highest BCUT2D eigenvalue weighted by Crippen LogP contribution is 2.26. The van der Waals surface area contributed by atoms with Crippen LogP contribution in [-0.4, -0.2) is 14.9 Å². The zero-order valence-corrected chi connectivity index (χ0v) is 14.2. The van der Waals surface area contributed by atoms with Crippen molar-refractivity contribution in [2.24, 2.45) is 0 Å². The highest BCUT2D eigenvalue weighted by molar-refractivity contribution is 5.72. The van der Waals surface area contributed by atoms with Crippen molar-refractivity contribution in [3.8, 4) is 22.7 Å². The first-order chi connectivity index (χ1) is 12.8. The third-order valence-corrected chi connectivity index (χ3v) is 4.14. The molecule has 0 unspecified atom stereocenters. The zero-order chi connectivity index (χ0) is 17.8. The fourth-order valence-electron chi connectivity index (χ4n) is 2.83. The molecule has 26 heavy (non-hydrogen) atoms. The second kappa shape index (κ2) is 7.11. The molecule has 3 nitrogen and oxygen atoms in total. The van der Waals surface area contributed by atoms with Crippen LogP contribution in [0.15, 0.2) is 91.0 Å². The van der Waals surface area contributed by atoms with E-state index in [1.54, 1.807) is 12.1 Å². The van der Waals surface area contributed by atoms with E-state index in [4.69, 9.17) is 5.10 Å². The van der Waals surface area contributed by atoms with Gasteiger partial charge in [0.05, 0.1) is 17.1 Å². The maximum atomic E-state index is 9.57. The van der Waals surface area contributed by atoms with Crippen molar-refractivity contribution in [3.63, 3.8) is 0 Å². The van der Waals surface area contributed by atoms with Gasteiger partial charge in [-0.1, -0.05) is 54.6 Å². The van der Waals surface area contributed by atoms with Crippen molar-refractivity contribution in [2.75, 3.05) is 0 Å². The number of hydrogen-bond donors (Lipinski definition) is 1. The number of aromatic nitrogens is 2. The van der Waals surface area contributed by atoms with Gasteiger partial charge in [-0.3, -0.25) is 0 Å². The van der Waals surface area contributed by atoms with Crippen molar-refractivity contribution >= 4 is 12.2 Å². The Labute approximate surface area is 152 Å². The number of phenols is 1. The van der Waals surface area contributed by atoms with Crippen LogP contribution in [0.4, 0.5) is 0 Å². The molecule has 0 amide bonds. The zero-order valence-electron chi connectivity index (χ0n) is 14.2. The Hall–Kier alpha value is -3.59. The van der Waals surface area contributed by atoms with Crippen LogP contribution in [0.2, 0.25) is 0 Å². The van der Waals surface area contributed by atoms with Gasteiger partial charge < -0.3 is 5.11 Å². The molecule has 0 fully saturated rings. The first-order valence-electron chi connectivity index (χ1n) is 8.48. The van der Waals surface area contributed by atoms with E-state index in [0.717, 1.165) is 28.2 Å². The van der Waals surface area contributed by atoms with E-state index in [1.807, 2.05) is 71.4 Å². The van der Waals surface area contributed by atoms with E-state index in [-0.39, 0.29) is 5.75 Å². The summed E-state index contributed by atoms with van der Waals surface area (Å²) < 4.78 is 1.93. The minimum Gasteiger partial charge on any atom is -0.508 e. The molecule has 1 aromatic heterocycles. The van der Waals surface area contributed by atoms with Crippen LogP contribution in [0.25, 0.3) is 29.1 Å². The summed E-state index contributed by atoms with van der Waals surface area (Å²) in [6.45, 7) is 0. The Morgan fingerprint density at radius 2 is 1.38 bits per heavy atom. The van der Waals surface area contributed by atoms with Crippen LogP contribution < -0.4 is 0 Å². The SMILES string of the molecule is Oc1ccc(-c2cc(/C=C/c3ccccc3)nn2-c2ccccc2)cc1. The number of rotatable bonds is 4.